The summed E-state index contributed by atoms with van der Waals surface area (Å²) < 4.78 is 24.8. The molecule has 0 aliphatic carbocycles. The van der Waals surface area contributed by atoms with Crippen molar-refractivity contribution in [3.8, 4) is 0 Å². The molecule has 1 unspecified atom stereocenters. The number of amides is 2. The molecule has 4 rings (SSSR count). The predicted molar refractivity (Wildman–Crippen MR) is 147 cm³/mol. The molecule has 0 spiro atoms. The highest BCUT2D eigenvalue weighted by atomic mass is 19.1. The lowest BCUT2D eigenvalue weighted by Crippen LogP contribution is -2.48. The molecule has 1 saturated heterocycles. The molecule has 2 amide bonds. The van der Waals surface area contributed by atoms with Gasteiger partial charge >= 0.3 is 0 Å². The Morgan fingerprint density at radius 1 is 0.949 bits per heavy atom. The summed E-state index contributed by atoms with van der Waals surface area (Å²) in [6, 6.07) is 19.6. The maximum atomic E-state index is 13.9. The van der Waals surface area contributed by atoms with E-state index in [-0.39, 0.29) is 43.2 Å². The van der Waals surface area contributed by atoms with E-state index in [1.807, 2.05) is 56.3 Å². The molecule has 1 atom stereocenters. The van der Waals surface area contributed by atoms with Gasteiger partial charge in [0.2, 0.25) is 11.8 Å². The zero-order chi connectivity index (χ0) is 27.6. The van der Waals surface area contributed by atoms with Gasteiger partial charge in [-0.1, -0.05) is 49.4 Å². The highest BCUT2D eigenvalue weighted by Gasteiger charge is 2.28. The van der Waals surface area contributed by atoms with Gasteiger partial charge in [-0.2, -0.15) is 0 Å². The minimum absolute atomic E-state index is 0.0482. The topological polar surface area (TPSA) is 66.2 Å². The molecule has 0 bridgehead atoms. The lowest BCUT2D eigenvalue weighted by Gasteiger charge is -2.33. The summed E-state index contributed by atoms with van der Waals surface area (Å²) in [5, 5.41) is 0. The number of halogens is 1. The second kappa shape index (κ2) is 14.1. The zero-order valence-electron chi connectivity index (χ0n) is 22.9. The number of aryl methyl sites for hydroxylation is 1. The van der Waals surface area contributed by atoms with E-state index in [1.165, 1.54) is 12.1 Å². The van der Waals surface area contributed by atoms with E-state index < -0.39 is 0 Å². The van der Waals surface area contributed by atoms with Crippen LogP contribution in [0.3, 0.4) is 0 Å². The Morgan fingerprint density at radius 3 is 2.31 bits per heavy atom. The summed E-state index contributed by atoms with van der Waals surface area (Å²) in [6.07, 6.45) is 0.635. The lowest BCUT2D eigenvalue weighted by molar-refractivity contribution is -0.142. The van der Waals surface area contributed by atoms with Gasteiger partial charge < -0.3 is 19.0 Å². The second-order valence-corrected chi connectivity index (χ2v) is 9.97. The summed E-state index contributed by atoms with van der Waals surface area (Å²) in [6.45, 7) is 8.40. The van der Waals surface area contributed by atoms with Crippen LogP contribution in [0.2, 0.25) is 0 Å². The Morgan fingerprint density at radius 2 is 1.67 bits per heavy atom. The third-order valence-corrected chi connectivity index (χ3v) is 7.12. The van der Waals surface area contributed by atoms with Gasteiger partial charge in [-0.15, -0.1) is 0 Å². The third kappa shape index (κ3) is 8.25. The smallest absolute Gasteiger partial charge is 0.242 e. The molecule has 0 radical (unpaired) electrons. The van der Waals surface area contributed by atoms with Crippen molar-refractivity contribution in [3.63, 3.8) is 0 Å². The van der Waals surface area contributed by atoms with Crippen LogP contribution in [-0.4, -0.2) is 72.5 Å². The SMILES string of the molecule is CCC(C(=O)N(CCN1CCOCC1)CC(=O)N(Cc1ccc(F)cc1)Cc1ccc(C)o1)c1ccccc1. The molecular formula is C31H38FN3O4. The van der Waals surface area contributed by atoms with Crippen molar-refractivity contribution in [1.82, 2.24) is 14.7 Å². The van der Waals surface area contributed by atoms with Crippen LogP contribution >= 0.6 is 0 Å². The van der Waals surface area contributed by atoms with Gasteiger partial charge in [-0.3, -0.25) is 14.5 Å². The first kappa shape index (κ1) is 28.5. The average molecular weight is 536 g/mol. The second-order valence-electron chi connectivity index (χ2n) is 9.97. The van der Waals surface area contributed by atoms with E-state index in [9.17, 15) is 14.0 Å². The lowest BCUT2D eigenvalue weighted by atomic mass is 9.95. The molecule has 3 aromatic rings. The Bertz CT molecular complexity index is 1190. The number of nitrogens with zero attached hydrogens (tertiary/aromatic N) is 3. The molecule has 2 aromatic carbocycles. The van der Waals surface area contributed by atoms with Crippen LogP contribution < -0.4 is 0 Å². The molecule has 0 saturated carbocycles. The molecular weight excluding hydrogens is 497 g/mol. The van der Waals surface area contributed by atoms with Crippen molar-refractivity contribution in [2.45, 2.75) is 39.3 Å². The third-order valence-electron chi connectivity index (χ3n) is 7.12. The number of furan rings is 1. The van der Waals surface area contributed by atoms with Gasteiger partial charge in [0.1, 0.15) is 17.3 Å². The fourth-order valence-corrected chi connectivity index (χ4v) is 4.88. The van der Waals surface area contributed by atoms with E-state index in [1.54, 1.807) is 21.9 Å². The van der Waals surface area contributed by atoms with E-state index >= 15 is 0 Å². The Balaban J connectivity index is 1.55. The standard InChI is InChI=1S/C31H38FN3O4/c1-3-29(26-7-5-4-6-8-26)31(37)34(16-15-33-17-19-38-20-18-33)23-30(36)35(22-28-14-9-24(2)39-28)21-25-10-12-27(32)13-11-25/h4-14,29H,3,15-23H2,1-2H3. The quantitative estimate of drug-likeness (QED) is 0.339. The zero-order valence-corrected chi connectivity index (χ0v) is 22.9. The molecule has 1 aliphatic rings. The van der Waals surface area contributed by atoms with Gasteiger partial charge in [-0.25, -0.2) is 4.39 Å². The van der Waals surface area contributed by atoms with Gasteiger partial charge in [-0.05, 0) is 48.7 Å². The van der Waals surface area contributed by atoms with Crippen molar-refractivity contribution in [1.29, 1.82) is 0 Å². The molecule has 7 nitrogen and oxygen atoms in total. The van der Waals surface area contributed by atoms with Crippen LogP contribution in [0.15, 0.2) is 71.1 Å². The molecule has 8 heteroatoms. The van der Waals surface area contributed by atoms with E-state index in [2.05, 4.69) is 4.90 Å². The summed E-state index contributed by atoms with van der Waals surface area (Å²) >= 11 is 0. The Hall–Kier alpha value is -3.49. The number of carbonyl (C=O) groups excluding carboxylic acids is 2. The summed E-state index contributed by atoms with van der Waals surface area (Å²) in [5.74, 6) is 0.513. The Labute approximate surface area is 230 Å². The van der Waals surface area contributed by atoms with Crippen LogP contribution in [0.4, 0.5) is 4.39 Å². The predicted octanol–water partition coefficient (Wildman–Crippen LogP) is 4.61. The largest absolute Gasteiger partial charge is 0.464 e. The molecule has 1 aromatic heterocycles. The maximum Gasteiger partial charge on any atom is 0.242 e. The number of hydrogen-bond donors (Lipinski definition) is 0. The Kier molecular flexibility index (Phi) is 10.3. The number of ether oxygens (including phenoxy) is 1. The first-order chi connectivity index (χ1) is 18.9. The number of carbonyl (C=O) groups is 2. The molecule has 2 heterocycles. The van der Waals surface area contributed by atoms with E-state index in [0.717, 1.165) is 30.0 Å². The van der Waals surface area contributed by atoms with Crippen molar-refractivity contribution >= 4 is 11.8 Å². The molecule has 1 fully saturated rings. The minimum atomic E-state index is -0.332. The summed E-state index contributed by atoms with van der Waals surface area (Å²) in [5.41, 5.74) is 1.75. The number of hydrogen-bond acceptors (Lipinski definition) is 5. The van der Waals surface area contributed by atoms with Crippen molar-refractivity contribution in [2.75, 3.05) is 45.9 Å². The van der Waals surface area contributed by atoms with Crippen LogP contribution in [0, 0.1) is 12.7 Å². The number of rotatable bonds is 12. The van der Waals surface area contributed by atoms with Gasteiger partial charge in [0.15, 0.2) is 0 Å². The van der Waals surface area contributed by atoms with Crippen LogP contribution in [0.5, 0.6) is 0 Å². The van der Waals surface area contributed by atoms with Crippen molar-refractivity contribution < 1.29 is 23.1 Å². The minimum Gasteiger partial charge on any atom is -0.464 e. The summed E-state index contributed by atoms with van der Waals surface area (Å²) in [7, 11) is 0. The average Bonchev–Trinajstić information content (AvgIpc) is 3.37. The fraction of sp³-hybridized carbons (Fsp3) is 0.419. The normalized spacial score (nSPS) is 14.6. The summed E-state index contributed by atoms with van der Waals surface area (Å²) in [4.78, 5) is 33.4. The van der Waals surface area contributed by atoms with Crippen molar-refractivity contribution in [2.24, 2.45) is 0 Å². The first-order valence-corrected chi connectivity index (χ1v) is 13.6. The molecule has 0 N–H and O–H groups in total. The molecule has 39 heavy (non-hydrogen) atoms. The number of morpholine rings is 1. The van der Waals surface area contributed by atoms with Gasteiger partial charge in [0.05, 0.1) is 32.2 Å². The molecule has 208 valence electrons. The van der Waals surface area contributed by atoms with Gasteiger partial charge in [0.25, 0.3) is 0 Å². The molecule has 1 aliphatic heterocycles. The van der Waals surface area contributed by atoms with Crippen LogP contribution in [-0.2, 0) is 27.4 Å². The highest BCUT2D eigenvalue weighted by molar-refractivity contribution is 5.88. The van der Waals surface area contributed by atoms with E-state index in [0.29, 0.717) is 38.5 Å². The van der Waals surface area contributed by atoms with E-state index in [4.69, 9.17) is 9.15 Å². The fourth-order valence-electron chi connectivity index (χ4n) is 4.88. The van der Waals surface area contributed by atoms with Crippen molar-refractivity contribution in [3.05, 3.63) is 95.2 Å². The van der Waals surface area contributed by atoms with Crippen LogP contribution in [0.1, 0.15) is 41.9 Å². The maximum absolute atomic E-state index is 13.9. The van der Waals surface area contributed by atoms with Crippen LogP contribution in [0.25, 0.3) is 0 Å². The first-order valence-electron chi connectivity index (χ1n) is 13.6. The van der Waals surface area contributed by atoms with Gasteiger partial charge in [0, 0.05) is 32.7 Å². The number of benzene rings is 2. The highest BCUT2D eigenvalue weighted by Crippen LogP contribution is 2.23. The monoisotopic (exact) mass is 535 g/mol.